The van der Waals surface area contributed by atoms with Gasteiger partial charge in [0.05, 0.1) is 0 Å². The average molecular weight is 260 g/mol. The molecule has 0 aromatic carbocycles. The van der Waals surface area contributed by atoms with Crippen LogP contribution in [0.4, 0.5) is 0 Å². The summed E-state index contributed by atoms with van der Waals surface area (Å²) in [5, 5.41) is 20.6. The van der Waals surface area contributed by atoms with Gasteiger partial charge in [-0.15, -0.1) is 0 Å². The molecule has 6 heteroatoms. The lowest BCUT2D eigenvalue weighted by Gasteiger charge is -2.38. The molecule has 2 heterocycles. The molecule has 1 aliphatic carbocycles. The summed E-state index contributed by atoms with van der Waals surface area (Å²) >= 11 is 0. The lowest BCUT2D eigenvalue weighted by atomic mass is 9.85. The van der Waals surface area contributed by atoms with Crippen LogP contribution >= 0.6 is 0 Å². The number of rotatable bonds is 0. The van der Waals surface area contributed by atoms with E-state index in [4.69, 9.17) is 18.9 Å². The van der Waals surface area contributed by atoms with Crippen LogP contribution in [0.5, 0.6) is 0 Å². The first-order chi connectivity index (χ1) is 8.20. The minimum Gasteiger partial charge on any atom is -0.387 e. The number of hydrogen-bond acceptors (Lipinski definition) is 6. The van der Waals surface area contributed by atoms with Gasteiger partial charge in [0, 0.05) is 0 Å². The second-order valence-electron chi connectivity index (χ2n) is 6.11. The standard InChI is InChI=1S/C12H20O6/c1-11(2)15-7-5(13)9-10(6(14)8(7)16-11)18-12(3,4)17-9/h5-10,13-14H,1-4H3/t5?,6?,7-,8-,9-,10-/m0/s1. The lowest BCUT2D eigenvalue weighted by molar-refractivity contribution is -0.183. The van der Waals surface area contributed by atoms with Crippen LogP contribution in [-0.2, 0) is 18.9 Å². The van der Waals surface area contributed by atoms with Crippen molar-refractivity contribution in [2.24, 2.45) is 0 Å². The van der Waals surface area contributed by atoms with E-state index in [-0.39, 0.29) is 0 Å². The molecule has 0 spiro atoms. The molecule has 0 unspecified atom stereocenters. The molecule has 3 rings (SSSR count). The smallest absolute Gasteiger partial charge is 0.164 e. The fourth-order valence-electron chi connectivity index (χ4n) is 3.06. The predicted octanol–water partition coefficient (Wildman–Crippen LogP) is -0.238. The Balaban J connectivity index is 1.88. The minimum absolute atomic E-state index is 0.589. The Hall–Kier alpha value is -0.240. The molecule has 2 N–H and O–H groups in total. The highest BCUT2D eigenvalue weighted by Crippen LogP contribution is 2.43. The van der Waals surface area contributed by atoms with E-state index in [1.807, 2.05) is 0 Å². The SMILES string of the molecule is CC1(C)O[C@H]2C(O)[C@@H]3OC(C)(C)O[C@H]3C(O)[C@@H]2O1. The quantitative estimate of drug-likeness (QED) is 0.626. The number of ether oxygens (including phenoxy) is 4. The maximum absolute atomic E-state index is 10.3. The molecule has 6 nitrogen and oxygen atoms in total. The van der Waals surface area contributed by atoms with Gasteiger partial charge in [-0.2, -0.15) is 0 Å². The summed E-state index contributed by atoms with van der Waals surface area (Å²) in [7, 11) is 0. The highest BCUT2D eigenvalue weighted by Gasteiger charge is 2.62. The number of hydrogen-bond donors (Lipinski definition) is 2. The highest BCUT2D eigenvalue weighted by molar-refractivity contribution is 5.07. The van der Waals surface area contributed by atoms with E-state index in [9.17, 15) is 10.2 Å². The van der Waals surface area contributed by atoms with Crippen molar-refractivity contribution in [3.05, 3.63) is 0 Å². The third kappa shape index (κ3) is 1.79. The topological polar surface area (TPSA) is 77.4 Å². The van der Waals surface area contributed by atoms with E-state index in [0.717, 1.165) is 0 Å². The molecule has 104 valence electrons. The zero-order valence-corrected chi connectivity index (χ0v) is 11.0. The second-order valence-corrected chi connectivity index (χ2v) is 6.11. The zero-order chi connectivity index (χ0) is 13.3. The van der Waals surface area contributed by atoms with Gasteiger partial charge in [-0.25, -0.2) is 0 Å². The molecule has 4 atom stereocenters. The van der Waals surface area contributed by atoms with Gasteiger partial charge in [0.15, 0.2) is 11.6 Å². The van der Waals surface area contributed by atoms with Crippen LogP contribution < -0.4 is 0 Å². The normalized spacial score (nSPS) is 53.0. The maximum Gasteiger partial charge on any atom is 0.164 e. The molecular formula is C12H20O6. The van der Waals surface area contributed by atoms with E-state index in [0.29, 0.717) is 0 Å². The monoisotopic (exact) mass is 260 g/mol. The summed E-state index contributed by atoms with van der Waals surface area (Å²) in [5.41, 5.74) is 0. The molecule has 0 aromatic heterocycles. The summed E-state index contributed by atoms with van der Waals surface area (Å²) < 4.78 is 22.6. The first kappa shape index (κ1) is 12.8. The van der Waals surface area contributed by atoms with Crippen LogP contribution in [0, 0.1) is 0 Å². The largest absolute Gasteiger partial charge is 0.387 e. The minimum atomic E-state index is -0.869. The number of fused-ring (bicyclic) bond motifs is 2. The lowest BCUT2D eigenvalue weighted by Crippen LogP contribution is -2.61. The first-order valence-electron chi connectivity index (χ1n) is 6.28. The molecular weight excluding hydrogens is 240 g/mol. The zero-order valence-electron chi connectivity index (χ0n) is 11.0. The van der Waals surface area contributed by atoms with Crippen molar-refractivity contribution >= 4 is 0 Å². The Morgan fingerprint density at radius 1 is 0.611 bits per heavy atom. The Kier molecular flexibility index (Phi) is 2.59. The van der Waals surface area contributed by atoms with Gasteiger partial charge >= 0.3 is 0 Å². The maximum atomic E-state index is 10.3. The average Bonchev–Trinajstić information content (AvgIpc) is 2.72. The summed E-state index contributed by atoms with van der Waals surface area (Å²) in [6, 6.07) is 0. The third-order valence-corrected chi connectivity index (χ3v) is 3.67. The molecule has 2 aliphatic heterocycles. The summed E-state index contributed by atoms with van der Waals surface area (Å²) in [6.07, 6.45) is -4.09. The van der Waals surface area contributed by atoms with E-state index in [1.54, 1.807) is 27.7 Å². The molecule has 0 aromatic rings. The Bertz CT molecular complexity index is 292. The summed E-state index contributed by atoms with van der Waals surface area (Å²) in [5.74, 6) is -1.63. The van der Waals surface area contributed by atoms with Crippen molar-refractivity contribution in [3.8, 4) is 0 Å². The van der Waals surface area contributed by atoms with Crippen LogP contribution in [0.3, 0.4) is 0 Å². The van der Waals surface area contributed by atoms with Crippen LogP contribution in [0.15, 0.2) is 0 Å². The fraction of sp³-hybridized carbons (Fsp3) is 1.00. The molecule has 18 heavy (non-hydrogen) atoms. The highest BCUT2D eigenvalue weighted by atomic mass is 16.8. The Labute approximate surface area is 106 Å². The van der Waals surface area contributed by atoms with Crippen molar-refractivity contribution in [1.82, 2.24) is 0 Å². The molecule has 3 fully saturated rings. The molecule has 2 saturated heterocycles. The molecule has 0 bridgehead atoms. The van der Waals surface area contributed by atoms with Crippen LogP contribution in [0.2, 0.25) is 0 Å². The fourth-order valence-corrected chi connectivity index (χ4v) is 3.06. The van der Waals surface area contributed by atoms with Crippen molar-refractivity contribution < 1.29 is 29.2 Å². The van der Waals surface area contributed by atoms with E-state index >= 15 is 0 Å². The summed E-state index contributed by atoms with van der Waals surface area (Å²) in [4.78, 5) is 0. The van der Waals surface area contributed by atoms with Crippen LogP contribution in [0.25, 0.3) is 0 Å². The van der Waals surface area contributed by atoms with Gasteiger partial charge in [-0.3, -0.25) is 0 Å². The van der Waals surface area contributed by atoms with E-state index in [2.05, 4.69) is 0 Å². The van der Waals surface area contributed by atoms with Gasteiger partial charge < -0.3 is 29.2 Å². The van der Waals surface area contributed by atoms with Gasteiger partial charge in [0.25, 0.3) is 0 Å². The molecule has 0 amide bonds. The second kappa shape index (κ2) is 3.65. The van der Waals surface area contributed by atoms with E-state index in [1.165, 1.54) is 0 Å². The van der Waals surface area contributed by atoms with Gasteiger partial charge in [0.1, 0.15) is 36.6 Å². The predicted molar refractivity (Wildman–Crippen MR) is 59.7 cm³/mol. The van der Waals surface area contributed by atoms with E-state index < -0.39 is 48.2 Å². The van der Waals surface area contributed by atoms with Crippen LogP contribution in [0.1, 0.15) is 27.7 Å². The first-order valence-corrected chi connectivity index (χ1v) is 6.28. The number of aliphatic hydroxyl groups excluding tert-OH is 2. The Morgan fingerprint density at radius 2 is 0.833 bits per heavy atom. The Morgan fingerprint density at radius 3 is 1.06 bits per heavy atom. The third-order valence-electron chi connectivity index (χ3n) is 3.67. The van der Waals surface area contributed by atoms with Crippen molar-refractivity contribution in [2.45, 2.75) is 75.9 Å². The molecule has 0 radical (unpaired) electrons. The van der Waals surface area contributed by atoms with Crippen molar-refractivity contribution in [2.75, 3.05) is 0 Å². The van der Waals surface area contributed by atoms with Gasteiger partial charge in [0.2, 0.25) is 0 Å². The van der Waals surface area contributed by atoms with Gasteiger partial charge in [-0.1, -0.05) is 0 Å². The van der Waals surface area contributed by atoms with Crippen molar-refractivity contribution in [3.63, 3.8) is 0 Å². The number of aliphatic hydroxyl groups is 2. The molecule has 1 saturated carbocycles. The van der Waals surface area contributed by atoms with Crippen molar-refractivity contribution in [1.29, 1.82) is 0 Å². The summed E-state index contributed by atoms with van der Waals surface area (Å²) in [6.45, 7) is 7.02. The van der Waals surface area contributed by atoms with Crippen LogP contribution in [-0.4, -0.2) is 58.4 Å². The molecule has 3 aliphatic rings. The van der Waals surface area contributed by atoms with Gasteiger partial charge in [-0.05, 0) is 27.7 Å².